The topological polar surface area (TPSA) is 102 Å². The van der Waals surface area contributed by atoms with Crippen LogP contribution in [0.1, 0.15) is 29.9 Å². The minimum atomic E-state index is -3.41. The number of carbonyl (C=O) groups excluding carboxylic acids is 1. The molecule has 1 heterocycles. The molecule has 30 heavy (non-hydrogen) atoms. The molecular formula is C21H23N3O4S2. The molecule has 0 aliphatic heterocycles. The number of rotatable bonds is 9. The summed E-state index contributed by atoms with van der Waals surface area (Å²) in [6.07, 6.45) is 2.72. The van der Waals surface area contributed by atoms with Gasteiger partial charge in [-0.05, 0) is 49.4 Å². The van der Waals surface area contributed by atoms with Crippen molar-refractivity contribution in [3.63, 3.8) is 0 Å². The molecule has 3 aromatic rings. The van der Waals surface area contributed by atoms with Gasteiger partial charge in [-0.2, -0.15) is 0 Å². The van der Waals surface area contributed by atoms with Crippen LogP contribution in [0.3, 0.4) is 0 Å². The normalized spacial score (nSPS) is 11.4. The van der Waals surface area contributed by atoms with Crippen LogP contribution in [-0.4, -0.2) is 36.5 Å². The lowest BCUT2D eigenvalue weighted by Crippen LogP contribution is -2.14. The summed E-state index contributed by atoms with van der Waals surface area (Å²) < 4.78 is 30.1. The average Bonchev–Trinajstić information content (AvgIpc) is 3.15. The van der Waals surface area contributed by atoms with Crippen molar-refractivity contribution >= 4 is 33.5 Å². The van der Waals surface area contributed by atoms with E-state index in [0.29, 0.717) is 12.3 Å². The van der Waals surface area contributed by atoms with Crippen LogP contribution in [0.4, 0.5) is 6.01 Å². The van der Waals surface area contributed by atoms with Crippen molar-refractivity contribution in [3.8, 4) is 0 Å². The Labute approximate surface area is 180 Å². The Bertz CT molecular complexity index is 1090. The molecule has 1 N–H and O–H groups in total. The zero-order chi connectivity index (χ0) is 21.6. The number of aromatic nitrogens is 2. The van der Waals surface area contributed by atoms with Gasteiger partial charge in [0, 0.05) is 11.3 Å². The molecule has 1 amide bonds. The molecule has 0 unspecified atom stereocenters. The first-order chi connectivity index (χ1) is 14.4. The molecule has 3 rings (SSSR count). The smallest absolute Gasteiger partial charge is 0.322 e. The van der Waals surface area contributed by atoms with Gasteiger partial charge in [0.25, 0.3) is 0 Å². The fraction of sp³-hybridized carbons (Fsp3) is 0.286. The van der Waals surface area contributed by atoms with Crippen LogP contribution < -0.4 is 5.32 Å². The number of hydrogen-bond donors (Lipinski definition) is 1. The van der Waals surface area contributed by atoms with Gasteiger partial charge in [-0.15, -0.1) is 16.9 Å². The second-order valence-corrected chi connectivity index (χ2v) is 9.80. The van der Waals surface area contributed by atoms with E-state index in [0.717, 1.165) is 11.1 Å². The summed E-state index contributed by atoms with van der Waals surface area (Å²) >= 11 is 1.67. The molecule has 0 spiro atoms. The van der Waals surface area contributed by atoms with E-state index in [1.165, 1.54) is 4.90 Å². The van der Waals surface area contributed by atoms with Crippen LogP contribution in [0.15, 0.2) is 62.7 Å². The molecule has 1 aromatic heterocycles. The largest absolute Gasteiger partial charge is 0.407 e. The summed E-state index contributed by atoms with van der Waals surface area (Å²) in [4.78, 5) is 13.5. The van der Waals surface area contributed by atoms with E-state index in [4.69, 9.17) is 4.42 Å². The number of carbonyl (C=O) groups is 1. The van der Waals surface area contributed by atoms with Gasteiger partial charge in [0.05, 0.1) is 17.1 Å². The summed E-state index contributed by atoms with van der Waals surface area (Å²) in [7, 11) is -3.41. The molecule has 0 radical (unpaired) electrons. The van der Waals surface area contributed by atoms with Crippen molar-refractivity contribution in [2.24, 2.45) is 0 Å². The molecule has 0 bridgehead atoms. The number of nitrogens with zero attached hydrogens (tertiary/aromatic N) is 2. The SMILES string of the molecule is CSc1ccc(Cc2nnc(NC(=O)CCCS(=O)(=O)c3ccc(C)cc3)o2)cc1. The van der Waals surface area contributed by atoms with Gasteiger partial charge in [-0.25, -0.2) is 8.42 Å². The van der Waals surface area contributed by atoms with Gasteiger partial charge in [-0.3, -0.25) is 10.1 Å². The van der Waals surface area contributed by atoms with E-state index in [1.54, 1.807) is 36.0 Å². The number of anilines is 1. The van der Waals surface area contributed by atoms with Crippen molar-refractivity contribution in [2.75, 3.05) is 17.3 Å². The maximum Gasteiger partial charge on any atom is 0.322 e. The van der Waals surface area contributed by atoms with Gasteiger partial charge >= 0.3 is 6.01 Å². The maximum absolute atomic E-state index is 12.3. The van der Waals surface area contributed by atoms with E-state index in [2.05, 4.69) is 15.5 Å². The third-order valence-electron chi connectivity index (χ3n) is 4.42. The Morgan fingerprint density at radius 1 is 1.07 bits per heavy atom. The van der Waals surface area contributed by atoms with Crippen LogP contribution >= 0.6 is 11.8 Å². The predicted octanol–water partition coefficient (Wildman–Crippen LogP) is 3.88. The Morgan fingerprint density at radius 3 is 2.43 bits per heavy atom. The van der Waals surface area contributed by atoms with Crippen LogP contribution in [0.25, 0.3) is 0 Å². The number of nitrogens with one attached hydrogen (secondary N) is 1. The summed E-state index contributed by atoms with van der Waals surface area (Å²) in [5.74, 6) is -0.0808. The molecule has 9 heteroatoms. The molecule has 158 valence electrons. The lowest BCUT2D eigenvalue weighted by Gasteiger charge is -2.05. The van der Waals surface area contributed by atoms with E-state index in [-0.39, 0.29) is 35.4 Å². The Hall–Kier alpha value is -2.65. The van der Waals surface area contributed by atoms with Gasteiger partial charge in [0.15, 0.2) is 9.84 Å². The second-order valence-electron chi connectivity index (χ2n) is 6.81. The third-order valence-corrected chi connectivity index (χ3v) is 6.98. The van der Waals surface area contributed by atoms with Crippen molar-refractivity contribution in [1.29, 1.82) is 0 Å². The number of aryl methyl sites for hydroxylation is 1. The Balaban J connectivity index is 1.47. The van der Waals surface area contributed by atoms with Crippen LogP contribution in [0, 0.1) is 6.92 Å². The standard InChI is InChI=1S/C21H23N3O4S2/c1-15-5-11-18(12-6-15)30(26,27)13-3-4-19(25)22-21-24-23-20(28-21)14-16-7-9-17(29-2)10-8-16/h5-12H,3-4,13-14H2,1-2H3,(H,22,24,25). The Morgan fingerprint density at radius 2 is 1.77 bits per heavy atom. The van der Waals surface area contributed by atoms with Crippen molar-refractivity contribution in [3.05, 3.63) is 65.5 Å². The highest BCUT2D eigenvalue weighted by molar-refractivity contribution is 7.98. The molecule has 2 aromatic carbocycles. The van der Waals surface area contributed by atoms with Crippen LogP contribution in [0.5, 0.6) is 0 Å². The zero-order valence-corrected chi connectivity index (χ0v) is 18.4. The fourth-order valence-corrected chi connectivity index (χ4v) is 4.48. The number of sulfone groups is 1. The van der Waals surface area contributed by atoms with Crippen molar-refractivity contribution < 1.29 is 17.6 Å². The first-order valence-electron chi connectivity index (χ1n) is 9.40. The monoisotopic (exact) mass is 445 g/mol. The quantitative estimate of drug-likeness (QED) is 0.499. The number of hydrogen-bond acceptors (Lipinski definition) is 7. The van der Waals surface area contributed by atoms with Crippen molar-refractivity contribution in [1.82, 2.24) is 10.2 Å². The van der Waals surface area contributed by atoms with Gasteiger partial charge in [-0.1, -0.05) is 34.9 Å². The molecule has 7 nitrogen and oxygen atoms in total. The molecule has 0 atom stereocenters. The minimum Gasteiger partial charge on any atom is -0.407 e. The molecular weight excluding hydrogens is 422 g/mol. The van der Waals surface area contributed by atoms with Crippen molar-refractivity contribution in [2.45, 2.75) is 36.0 Å². The van der Waals surface area contributed by atoms with E-state index in [1.807, 2.05) is 37.4 Å². The highest BCUT2D eigenvalue weighted by Gasteiger charge is 2.16. The summed E-state index contributed by atoms with van der Waals surface area (Å²) in [6.45, 7) is 1.89. The highest BCUT2D eigenvalue weighted by atomic mass is 32.2. The molecule has 0 saturated carbocycles. The molecule has 0 fully saturated rings. The van der Waals surface area contributed by atoms with E-state index >= 15 is 0 Å². The summed E-state index contributed by atoms with van der Waals surface area (Å²) in [6, 6.07) is 14.7. The number of thioether (sulfide) groups is 1. The third kappa shape index (κ3) is 6.17. The minimum absolute atomic E-state index is 0.0112. The van der Waals surface area contributed by atoms with Gasteiger partial charge in [0.2, 0.25) is 11.8 Å². The lowest BCUT2D eigenvalue weighted by atomic mass is 10.1. The van der Waals surface area contributed by atoms with E-state index < -0.39 is 9.84 Å². The van der Waals surface area contributed by atoms with Crippen LogP contribution in [-0.2, 0) is 21.1 Å². The first-order valence-corrected chi connectivity index (χ1v) is 12.3. The molecule has 0 saturated heterocycles. The summed E-state index contributed by atoms with van der Waals surface area (Å²) in [5.41, 5.74) is 2.01. The predicted molar refractivity (Wildman–Crippen MR) is 116 cm³/mol. The molecule has 0 aliphatic carbocycles. The highest BCUT2D eigenvalue weighted by Crippen LogP contribution is 2.18. The number of benzene rings is 2. The van der Waals surface area contributed by atoms with E-state index in [9.17, 15) is 13.2 Å². The fourth-order valence-electron chi connectivity index (χ4n) is 2.76. The lowest BCUT2D eigenvalue weighted by molar-refractivity contribution is -0.116. The summed E-state index contributed by atoms with van der Waals surface area (Å²) in [5, 5.41) is 10.3. The number of amides is 1. The Kier molecular flexibility index (Phi) is 7.28. The van der Waals surface area contributed by atoms with Crippen LogP contribution in [0.2, 0.25) is 0 Å². The molecule has 0 aliphatic rings. The van der Waals surface area contributed by atoms with Gasteiger partial charge < -0.3 is 4.42 Å². The van der Waals surface area contributed by atoms with Gasteiger partial charge in [0.1, 0.15) is 0 Å². The maximum atomic E-state index is 12.3. The second kappa shape index (κ2) is 9.90. The zero-order valence-electron chi connectivity index (χ0n) is 16.8. The average molecular weight is 446 g/mol. The first kappa shape index (κ1) is 22.0.